The molecule has 0 amide bonds. The molecule has 26 heavy (non-hydrogen) atoms. The number of nitrogens with zero attached hydrogens (tertiary/aromatic N) is 4. The molecular formula is C19H29ClIN5. The van der Waals surface area contributed by atoms with E-state index < -0.39 is 0 Å². The van der Waals surface area contributed by atoms with Crippen molar-refractivity contribution in [2.75, 3.05) is 20.6 Å². The molecule has 0 aliphatic carbocycles. The second kappa shape index (κ2) is 10.8. The Morgan fingerprint density at radius 1 is 1.31 bits per heavy atom. The minimum atomic E-state index is 0. The Morgan fingerprint density at radius 2 is 1.96 bits per heavy atom. The maximum absolute atomic E-state index is 5.94. The van der Waals surface area contributed by atoms with Crippen LogP contribution in [0.15, 0.2) is 35.3 Å². The number of rotatable bonds is 6. The third-order valence-electron chi connectivity index (χ3n) is 4.10. The molecule has 144 valence electrons. The van der Waals surface area contributed by atoms with E-state index in [9.17, 15) is 0 Å². The fraction of sp³-hybridized carbons (Fsp3) is 0.474. The van der Waals surface area contributed by atoms with Crippen LogP contribution in [0, 0.1) is 19.8 Å². The lowest BCUT2D eigenvalue weighted by molar-refractivity contribution is 0.418. The highest BCUT2D eigenvalue weighted by molar-refractivity contribution is 14.0. The second-order valence-electron chi connectivity index (χ2n) is 6.63. The van der Waals surface area contributed by atoms with E-state index in [0.717, 1.165) is 36.3 Å². The zero-order valence-electron chi connectivity index (χ0n) is 16.2. The third-order valence-corrected chi connectivity index (χ3v) is 4.35. The SMILES string of the molecule is CN=C(NCC(C)Cn1nc(C)cc1C)N(C)Cc1ccc(Cl)cc1.I. The Bertz CT molecular complexity index is 711. The van der Waals surface area contributed by atoms with Crippen molar-refractivity contribution in [1.29, 1.82) is 0 Å². The summed E-state index contributed by atoms with van der Waals surface area (Å²) in [7, 11) is 3.85. The van der Waals surface area contributed by atoms with E-state index in [1.807, 2.05) is 45.3 Å². The second-order valence-corrected chi connectivity index (χ2v) is 7.06. The molecule has 2 aromatic rings. The van der Waals surface area contributed by atoms with Crippen LogP contribution in [0.2, 0.25) is 5.02 Å². The number of halogens is 2. The van der Waals surface area contributed by atoms with Crippen molar-refractivity contribution >= 4 is 41.5 Å². The summed E-state index contributed by atoms with van der Waals surface area (Å²) in [6.07, 6.45) is 0. The van der Waals surface area contributed by atoms with Gasteiger partial charge in [-0.3, -0.25) is 9.67 Å². The van der Waals surface area contributed by atoms with Gasteiger partial charge in [0, 0.05) is 44.4 Å². The van der Waals surface area contributed by atoms with E-state index >= 15 is 0 Å². The summed E-state index contributed by atoms with van der Waals surface area (Å²) >= 11 is 5.94. The van der Waals surface area contributed by atoms with E-state index in [2.05, 4.69) is 44.9 Å². The molecule has 0 fully saturated rings. The molecule has 1 N–H and O–H groups in total. The van der Waals surface area contributed by atoms with Gasteiger partial charge in [0.15, 0.2) is 5.96 Å². The van der Waals surface area contributed by atoms with Gasteiger partial charge in [0.2, 0.25) is 0 Å². The van der Waals surface area contributed by atoms with Crippen molar-refractivity contribution < 1.29 is 0 Å². The van der Waals surface area contributed by atoms with Gasteiger partial charge in [-0.1, -0.05) is 30.7 Å². The van der Waals surface area contributed by atoms with Crippen LogP contribution in [0.25, 0.3) is 0 Å². The van der Waals surface area contributed by atoms with Crippen molar-refractivity contribution in [3.8, 4) is 0 Å². The minimum Gasteiger partial charge on any atom is -0.356 e. The van der Waals surface area contributed by atoms with Crippen LogP contribution in [0.4, 0.5) is 0 Å². The molecule has 0 aliphatic rings. The third kappa shape index (κ3) is 6.79. The van der Waals surface area contributed by atoms with Gasteiger partial charge >= 0.3 is 0 Å². The van der Waals surface area contributed by atoms with E-state index in [4.69, 9.17) is 11.6 Å². The summed E-state index contributed by atoms with van der Waals surface area (Å²) in [4.78, 5) is 6.50. The van der Waals surface area contributed by atoms with Crippen molar-refractivity contribution in [3.05, 3.63) is 52.3 Å². The molecule has 1 aromatic carbocycles. The van der Waals surface area contributed by atoms with Crippen molar-refractivity contribution in [1.82, 2.24) is 20.0 Å². The summed E-state index contributed by atoms with van der Waals surface area (Å²) in [5.41, 5.74) is 3.47. The van der Waals surface area contributed by atoms with Crippen LogP contribution in [0.5, 0.6) is 0 Å². The van der Waals surface area contributed by atoms with Crippen molar-refractivity contribution in [2.45, 2.75) is 33.9 Å². The lowest BCUT2D eigenvalue weighted by atomic mass is 10.2. The van der Waals surface area contributed by atoms with Gasteiger partial charge < -0.3 is 10.2 Å². The predicted molar refractivity (Wildman–Crippen MR) is 121 cm³/mol. The number of hydrogen-bond donors (Lipinski definition) is 1. The van der Waals surface area contributed by atoms with Crippen molar-refractivity contribution in [3.63, 3.8) is 0 Å². The molecule has 0 radical (unpaired) electrons. The van der Waals surface area contributed by atoms with Crippen LogP contribution in [-0.4, -0.2) is 41.3 Å². The Kier molecular flexibility index (Phi) is 9.43. The molecule has 0 bridgehead atoms. The molecule has 1 atom stereocenters. The molecule has 5 nitrogen and oxygen atoms in total. The number of benzene rings is 1. The van der Waals surface area contributed by atoms with Gasteiger partial charge in [-0.25, -0.2) is 0 Å². The average molecular weight is 490 g/mol. The molecule has 0 saturated carbocycles. The molecule has 0 saturated heterocycles. The van der Waals surface area contributed by atoms with Crippen LogP contribution in [0.3, 0.4) is 0 Å². The number of aliphatic imine (C=N–C) groups is 1. The number of hydrogen-bond acceptors (Lipinski definition) is 2. The average Bonchev–Trinajstić information content (AvgIpc) is 2.87. The molecule has 1 heterocycles. The predicted octanol–water partition coefficient (Wildman–Crippen LogP) is 4.11. The summed E-state index contributed by atoms with van der Waals surface area (Å²) in [6, 6.07) is 10.0. The first-order valence-electron chi connectivity index (χ1n) is 8.56. The van der Waals surface area contributed by atoms with Gasteiger partial charge in [0.05, 0.1) is 5.69 Å². The molecule has 2 rings (SSSR count). The van der Waals surface area contributed by atoms with E-state index in [1.165, 1.54) is 11.3 Å². The lowest BCUT2D eigenvalue weighted by Gasteiger charge is -2.24. The highest BCUT2D eigenvalue weighted by Gasteiger charge is 2.11. The topological polar surface area (TPSA) is 45.5 Å². The number of guanidine groups is 1. The molecular weight excluding hydrogens is 461 g/mol. The Morgan fingerprint density at radius 3 is 2.50 bits per heavy atom. The lowest BCUT2D eigenvalue weighted by Crippen LogP contribution is -2.40. The largest absolute Gasteiger partial charge is 0.356 e. The number of aryl methyl sites for hydroxylation is 2. The van der Waals surface area contributed by atoms with Gasteiger partial charge in [0.1, 0.15) is 0 Å². The van der Waals surface area contributed by atoms with E-state index in [-0.39, 0.29) is 24.0 Å². The van der Waals surface area contributed by atoms with Gasteiger partial charge in [0.25, 0.3) is 0 Å². The molecule has 1 unspecified atom stereocenters. The Labute approximate surface area is 178 Å². The standard InChI is InChI=1S/C19H28ClN5.HI/c1-14(12-25-16(3)10-15(2)23-25)11-22-19(21-4)24(5)13-17-6-8-18(20)9-7-17;/h6-10,14H,11-13H2,1-5H3,(H,21,22);1H. The molecule has 1 aromatic heterocycles. The van der Waals surface area contributed by atoms with Gasteiger partial charge in [-0.15, -0.1) is 24.0 Å². The van der Waals surface area contributed by atoms with Gasteiger partial charge in [-0.2, -0.15) is 5.10 Å². The Hall–Kier alpha value is -1.28. The van der Waals surface area contributed by atoms with Crippen LogP contribution >= 0.6 is 35.6 Å². The van der Waals surface area contributed by atoms with Crippen molar-refractivity contribution in [2.24, 2.45) is 10.9 Å². The number of nitrogens with one attached hydrogen (secondary N) is 1. The van der Waals surface area contributed by atoms with Crippen LogP contribution in [-0.2, 0) is 13.1 Å². The first-order valence-corrected chi connectivity index (χ1v) is 8.94. The smallest absolute Gasteiger partial charge is 0.193 e. The maximum atomic E-state index is 5.94. The summed E-state index contributed by atoms with van der Waals surface area (Å²) < 4.78 is 2.07. The van der Waals surface area contributed by atoms with Crippen LogP contribution < -0.4 is 5.32 Å². The number of aromatic nitrogens is 2. The molecule has 7 heteroatoms. The quantitative estimate of drug-likeness (QED) is 0.377. The Balaban J connectivity index is 0.00000338. The van der Waals surface area contributed by atoms with Crippen LogP contribution in [0.1, 0.15) is 23.9 Å². The minimum absolute atomic E-state index is 0. The monoisotopic (exact) mass is 489 g/mol. The normalized spacial score (nSPS) is 12.5. The van der Waals surface area contributed by atoms with Gasteiger partial charge in [-0.05, 0) is 43.5 Å². The first kappa shape index (κ1) is 22.8. The molecule has 0 spiro atoms. The fourth-order valence-corrected chi connectivity index (χ4v) is 2.93. The maximum Gasteiger partial charge on any atom is 0.193 e. The molecule has 0 aliphatic heterocycles. The summed E-state index contributed by atoms with van der Waals surface area (Å²) in [6.45, 7) is 8.86. The first-order chi connectivity index (χ1) is 11.9. The highest BCUT2D eigenvalue weighted by Crippen LogP contribution is 2.11. The summed E-state index contributed by atoms with van der Waals surface area (Å²) in [5, 5.41) is 8.75. The fourth-order valence-electron chi connectivity index (χ4n) is 2.81. The van der Waals surface area contributed by atoms with E-state index in [1.54, 1.807) is 0 Å². The zero-order valence-corrected chi connectivity index (χ0v) is 19.2. The zero-order chi connectivity index (χ0) is 18.4. The summed E-state index contributed by atoms with van der Waals surface area (Å²) in [5.74, 6) is 1.33. The van der Waals surface area contributed by atoms with E-state index in [0.29, 0.717) is 5.92 Å². The highest BCUT2D eigenvalue weighted by atomic mass is 127.